The maximum atomic E-state index is 12.6. The second kappa shape index (κ2) is 8.62. The molecule has 0 aromatic heterocycles. The van der Waals surface area contributed by atoms with Crippen molar-refractivity contribution < 1.29 is 23.9 Å². The highest BCUT2D eigenvalue weighted by molar-refractivity contribution is 6.09. The third-order valence-corrected chi connectivity index (χ3v) is 4.04. The molecule has 0 aliphatic heterocycles. The van der Waals surface area contributed by atoms with Crippen LogP contribution in [0.5, 0.6) is 0 Å². The lowest BCUT2D eigenvalue weighted by Gasteiger charge is -2.17. The molecule has 1 atom stereocenters. The number of carbonyl (C=O) groups is 3. The van der Waals surface area contributed by atoms with Crippen LogP contribution in [0.1, 0.15) is 55.1 Å². The van der Waals surface area contributed by atoms with Crippen LogP contribution in [0.4, 0.5) is 0 Å². The Kier molecular flexibility index (Phi) is 6.50. The standard InChI is InChI=1S/C22H24O5/c1-15(20(24)26-14-27-21(25)22(2,3)4)17-11-8-12-18(13-17)19(23)16-9-6-5-7-10-16/h5-13,15H,14H2,1-4H3. The number of benzene rings is 2. The molecular formula is C22H24O5. The van der Waals surface area contributed by atoms with Crippen molar-refractivity contribution in [3.8, 4) is 0 Å². The Morgan fingerprint density at radius 2 is 1.52 bits per heavy atom. The Balaban J connectivity index is 2.02. The van der Waals surface area contributed by atoms with Gasteiger partial charge in [-0.3, -0.25) is 14.4 Å². The highest BCUT2D eigenvalue weighted by Gasteiger charge is 2.24. The Bertz CT molecular complexity index is 818. The first-order chi connectivity index (χ1) is 12.7. The molecule has 0 heterocycles. The quantitative estimate of drug-likeness (QED) is 0.436. The van der Waals surface area contributed by atoms with Crippen LogP contribution in [0, 0.1) is 5.41 Å². The fourth-order valence-corrected chi connectivity index (χ4v) is 2.32. The molecule has 0 saturated carbocycles. The molecule has 5 nitrogen and oxygen atoms in total. The van der Waals surface area contributed by atoms with Crippen LogP contribution >= 0.6 is 0 Å². The van der Waals surface area contributed by atoms with Gasteiger partial charge < -0.3 is 9.47 Å². The monoisotopic (exact) mass is 368 g/mol. The third-order valence-electron chi connectivity index (χ3n) is 4.04. The number of hydrogen-bond donors (Lipinski definition) is 0. The fraction of sp³-hybridized carbons (Fsp3) is 0.318. The lowest BCUT2D eigenvalue weighted by atomic mass is 9.96. The van der Waals surface area contributed by atoms with E-state index in [4.69, 9.17) is 9.47 Å². The van der Waals surface area contributed by atoms with Gasteiger partial charge in [0.1, 0.15) is 0 Å². The summed E-state index contributed by atoms with van der Waals surface area (Å²) >= 11 is 0. The van der Waals surface area contributed by atoms with Crippen molar-refractivity contribution in [1.29, 1.82) is 0 Å². The van der Waals surface area contributed by atoms with Crippen molar-refractivity contribution in [1.82, 2.24) is 0 Å². The molecule has 1 unspecified atom stereocenters. The van der Waals surface area contributed by atoms with E-state index in [-0.39, 0.29) is 5.78 Å². The number of esters is 2. The lowest BCUT2D eigenvalue weighted by molar-refractivity contribution is -0.173. The average Bonchev–Trinajstić information content (AvgIpc) is 2.66. The minimum Gasteiger partial charge on any atom is -0.427 e. The molecule has 0 radical (unpaired) electrons. The third kappa shape index (κ3) is 5.51. The zero-order valence-electron chi connectivity index (χ0n) is 16.0. The van der Waals surface area contributed by atoms with Gasteiger partial charge in [0.15, 0.2) is 5.78 Å². The van der Waals surface area contributed by atoms with Crippen LogP contribution in [0.15, 0.2) is 54.6 Å². The van der Waals surface area contributed by atoms with Crippen molar-refractivity contribution >= 4 is 17.7 Å². The Hall–Kier alpha value is -2.95. The molecule has 2 aromatic rings. The summed E-state index contributed by atoms with van der Waals surface area (Å²) in [5.74, 6) is -1.68. The summed E-state index contributed by atoms with van der Waals surface area (Å²) < 4.78 is 9.99. The van der Waals surface area contributed by atoms with Crippen molar-refractivity contribution in [2.24, 2.45) is 5.41 Å². The molecule has 0 N–H and O–H groups in total. The van der Waals surface area contributed by atoms with E-state index in [0.717, 1.165) is 0 Å². The summed E-state index contributed by atoms with van der Waals surface area (Å²) in [7, 11) is 0. The van der Waals surface area contributed by atoms with Gasteiger partial charge >= 0.3 is 11.9 Å². The Labute approximate surface area is 159 Å². The Morgan fingerprint density at radius 3 is 2.15 bits per heavy atom. The van der Waals surface area contributed by atoms with Crippen molar-refractivity contribution in [3.05, 3.63) is 71.3 Å². The lowest BCUT2D eigenvalue weighted by Crippen LogP contribution is -2.25. The topological polar surface area (TPSA) is 69.7 Å². The van der Waals surface area contributed by atoms with Crippen molar-refractivity contribution in [3.63, 3.8) is 0 Å². The molecule has 0 aliphatic rings. The molecule has 0 spiro atoms. The number of rotatable bonds is 6. The van der Waals surface area contributed by atoms with Crippen LogP contribution in [-0.2, 0) is 19.1 Å². The van der Waals surface area contributed by atoms with Crippen LogP contribution in [0.3, 0.4) is 0 Å². The summed E-state index contributed by atoms with van der Waals surface area (Å²) in [4.78, 5) is 36.5. The van der Waals surface area contributed by atoms with Gasteiger partial charge in [0.25, 0.3) is 0 Å². The van der Waals surface area contributed by atoms with E-state index in [1.165, 1.54) is 0 Å². The van der Waals surface area contributed by atoms with Gasteiger partial charge in [0.05, 0.1) is 11.3 Å². The van der Waals surface area contributed by atoms with E-state index in [1.807, 2.05) is 6.07 Å². The second-order valence-corrected chi connectivity index (χ2v) is 7.31. The normalized spacial score (nSPS) is 12.1. The van der Waals surface area contributed by atoms with Gasteiger partial charge in [0.2, 0.25) is 6.79 Å². The summed E-state index contributed by atoms with van der Waals surface area (Å²) in [6.07, 6.45) is 0. The maximum Gasteiger partial charge on any atom is 0.316 e. The minimum absolute atomic E-state index is 0.114. The highest BCUT2D eigenvalue weighted by atomic mass is 16.7. The van der Waals surface area contributed by atoms with Gasteiger partial charge in [-0.15, -0.1) is 0 Å². The van der Waals surface area contributed by atoms with Gasteiger partial charge in [-0.2, -0.15) is 0 Å². The first kappa shape index (κ1) is 20.4. The predicted molar refractivity (Wildman–Crippen MR) is 101 cm³/mol. The van der Waals surface area contributed by atoms with E-state index in [0.29, 0.717) is 16.7 Å². The molecule has 5 heteroatoms. The molecule has 0 fully saturated rings. The predicted octanol–water partition coefficient (Wildman–Crippen LogP) is 4.11. The first-order valence-corrected chi connectivity index (χ1v) is 8.73. The minimum atomic E-state index is -0.663. The molecule has 0 aliphatic carbocycles. The molecule has 2 aromatic carbocycles. The summed E-state index contributed by atoms with van der Waals surface area (Å²) in [6.45, 7) is 6.40. The van der Waals surface area contributed by atoms with E-state index in [1.54, 1.807) is 76.2 Å². The maximum absolute atomic E-state index is 12.6. The number of ether oxygens (including phenoxy) is 2. The van der Waals surface area contributed by atoms with E-state index in [9.17, 15) is 14.4 Å². The highest BCUT2D eigenvalue weighted by Crippen LogP contribution is 2.20. The molecule has 2 rings (SSSR count). The number of hydrogen-bond acceptors (Lipinski definition) is 5. The molecule has 0 bridgehead atoms. The van der Waals surface area contributed by atoms with Gasteiger partial charge in [-0.25, -0.2) is 0 Å². The molecule has 27 heavy (non-hydrogen) atoms. The molecule has 0 saturated heterocycles. The summed E-state index contributed by atoms with van der Waals surface area (Å²) in [5, 5.41) is 0. The smallest absolute Gasteiger partial charge is 0.316 e. The zero-order valence-corrected chi connectivity index (χ0v) is 16.0. The zero-order chi connectivity index (χ0) is 20.0. The molecule has 142 valence electrons. The molecular weight excluding hydrogens is 344 g/mol. The average molecular weight is 368 g/mol. The summed E-state index contributed by atoms with van der Waals surface area (Å²) in [5.41, 5.74) is 1.07. The SMILES string of the molecule is CC(C(=O)OCOC(=O)C(C)(C)C)c1cccc(C(=O)c2ccccc2)c1. The van der Waals surface area contributed by atoms with Crippen LogP contribution in [0.25, 0.3) is 0 Å². The van der Waals surface area contributed by atoms with Crippen molar-refractivity contribution in [2.75, 3.05) is 6.79 Å². The first-order valence-electron chi connectivity index (χ1n) is 8.73. The molecule has 0 amide bonds. The Morgan fingerprint density at radius 1 is 0.889 bits per heavy atom. The van der Waals surface area contributed by atoms with Crippen molar-refractivity contribution in [2.45, 2.75) is 33.6 Å². The summed E-state index contributed by atoms with van der Waals surface area (Å²) in [6, 6.07) is 15.8. The second-order valence-electron chi connectivity index (χ2n) is 7.31. The van der Waals surface area contributed by atoms with Crippen LogP contribution in [0.2, 0.25) is 0 Å². The number of carbonyl (C=O) groups excluding carboxylic acids is 3. The van der Waals surface area contributed by atoms with Crippen LogP contribution < -0.4 is 0 Å². The van der Waals surface area contributed by atoms with Gasteiger partial charge in [-0.1, -0.05) is 48.5 Å². The van der Waals surface area contributed by atoms with E-state index in [2.05, 4.69) is 0 Å². The van der Waals surface area contributed by atoms with E-state index < -0.39 is 30.1 Å². The largest absolute Gasteiger partial charge is 0.427 e. The van der Waals surface area contributed by atoms with Gasteiger partial charge in [0, 0.05) is 11.1 Å². The number of ketones is 1. The van der Waals surface area contributed by atoms with Crippen LogP contribution in [-0.4, -0.2) is 24.5 Å². The fourth-order valence-electron chi connectivity index (χ4n) is 2.32. The van der Waals surface area contributed by atoms with E-state index >= 15 is 0 Å². The van der Waals surface area contributed by atoms with Gasteiger partial charge in [-0.05, 0) is 39.3 Å².